The molecular formula is C18H23N3O3. The van der Waals surface area contributed by atoms with E-state index in [1.54, 1.807) is 11.0 Å². The second-order valence-electron chi connectivity index (χ2n) is 5.62. The summed E-state index contributed by atoms with van der Waals surface area (Å²) in [7, 11) is 0. The summed E-state index contributed by atoms with van der Waals surface area (Å²) in [6, 6.07) is 11.1. The zero-order valence-electron chi connectivity index (χ0n) is 13.9. The van der Waals surface area contributed by atoms with Gasteiger partial charge in [-0.25, -0.2) is 0 Å². The number of nitrogens with zero attached hydrogens (tertiary/aromatic N) is 2. The molecule has 0 atom stereocenters. The van der Waals surface area contributed by atoms with Crippen LogP contribution in [0.3, 0.4) is 0 Å². The molecule has 0 fully saturated rings. The minimum absolute atomic E-state index is 0.0161. The normalized spacial score (nSPS) is 10.4. The van der Waals surface area contributed by atoms with Gasteiger partial charge in [-0.15, -0.1) is 0 Å². The summed E-state index contributed by atoms with van der Waals surface area (Å²) in [5.41, 5.74) is 0.944. The molecule has 0 saturated heterocycles. The van der Waals surface area contributed by atoms with Crippen LogP contribution in [0.4, 0.5) is 5.82 Å². The lowest BCUT2D eigenvalue weighted by atomic mass is 10.1. The van der Waals surface area contributed by atoms with Gasteiger partial charge >= 0.3 is 0 Å². The number of nitrogens with one attached hydrogen (secondary N) is 1. The fourth-order valence-electron chi connectivity index (χ4n) is 2.36. The highest BCUT2D eigenvalue weighted by Crippen LogP contribution is 2.07. The summed E-state index contributed by atoms with van der Waals surface area (Å²) in [5.74, 6) is 0.0263. The van der Waals surface area contributed by atoms with Crippen LogP contribution < -0.4 is 5.32 Å². The average molecular weight is 329 g/mol. The number of carbonyl (C=O) groups excluding carboxylic acids is 2. The Kier molecular flexibility index (Phi) is 7.01. The molecule has 6 nitrogen and oxygen atoms in total. The SMILES string of the molecule is CCCCCN(CC(=O)Nc1ccon1)C(=O)Cc1ccccc1. The number of hydrogen-bond donors (Lipinski definition) is 1. The Morgan fingerprint density at radius 1 is 1.17 bits per heavy atom. The van der Waals surface area contributed by atoms with Crippen LogP contribution >= 0.6 is 0 Å². The fraction of sp³-hybridized carbons (Fsp3) is 0.389. The molecule has 0 aliphatic rings. The van der Waals surface area contributed by atoms with E-state index in [2.05, 4.69) is 21.9 Å². The lowest BCUT2D eigenvalue weighted by Crippen LogP contribution is -2.39. The van der Waals surface area contributed by atoms with E-state index in [1.807, 2.05) is 30.3 Å². The van der Waals surface area contributed by atoms with E-state index in [0.717, 1.165) is 24.8 Å². The van der Waals surface area contributed by atoms with Gasteiger partial charge in [0.2, 0.25) is 11.8 Å². The van der Waals surface area contributed by atoms with Gasteiger partial charge in [0.1, 0.15) is 6.26 Å². The molecule has 1 N–H and O–H groups in total. The first kappa shape index (κ1) is 17.7. The molecule has 1 heterocycles. The van der Waals surface area contributed by atoms with Gasteiger partial charge in [-0.3, -0.25) is 9.59 Å². The zero-order chi connectivity index (χ0) is 17.2. The van der Waals surface area contributed by atoms with Gasteiger partial charge in [0.15, 0.2) is 5.82 Å². The minimum atomic E-state index is -0.276. The minimum Gasteiger partial charge on any atom is -0.363 e. The van der Waals surface area contributed by atoms with Crippen LogP contribution in [0.5, 0.6) is 0 Å². The molecule has 2 aromatic rings. The van der Waals surface area contributed by atoms with E-state index in [4.69, 9.17) is 0 Å². The van der Waals surface area contributed by atoms with E-state index in [0.29, 0.717) is 18.8 Å². The summed E-state index contributed by atoms with van der Waals surface area (Å²) in [4.78, 5) is 26.3. The molecule has 0 unspecified atom stereocenters. The molecule has 0 aliphatic carbocycles. The van der Waals surface area contributed by atoms with Crippen molar-refractivity contribution in [3.05, 3.63) is 48.2 Å². The van der Waals surface area contributed by atoms with Gasteiger partial charge in [-0.1, -0.05) is 55.3 Å². The van der Waals surface area contributed by atoms with Crippen LogP contribution in [0, 0.1) is 0 Å². The number of unbranched alkanes of at least 4 members (excludes halogenated alkanes) is 2. The highest BCUT2D eigenvalue weighted by molar-refractivity contribution is 5.94. The van der Waals surface area contributed by atoms with Crippen molar-refractivity contribution in [2.45, 2.75) is 32.6 Å². The number of aromatic nitrogens is 1. The molecule has 1 aromatic heterocycles. The third kappa shape index (κ3) is 5.87. The summed E-state index contributed by atoms with van der Waals surface area (Å²) in [6.45, 7) is 2.70. The van der Waals surface area contributed by atoms with E-state index < -0.39 is 0 Å². The molecule has 0 saturated carbocycles. The van der Waals surface area contributed by atoms with E-state index in [-0.39, 0.29) is 18.4 Å². The number of benzene rings is 1. The summed E-state index contributed by atoms with van der Waals surface area (Å²) in [6.07, 6.45) is 4.65. The Morgan fingerprint density at radius 3 is 2.62 bits per heavy atom. The molecule has 6 heteroatoms. The summed E-state index contributed by atoms with van der Waals surface area (Å²) < 4.78 is 4.68. The molecule has 0 bridgehead atoms. The van der Waals surface area contributed by atoms with Crippen molar-refractivity contribution in [3.8, 4) is 0 Å². The largest absolute Gasteiger partial charge is 0.363 e. The molecule has 0 radical (unpaired) electrons. The van der Waals surface area contributed by atoms with E-state index in [1.165, 1.54) is 6.26 Å². The fourth-order valence-corrected chi connectivity index (χ4v) is 2.36. The Balaban J connectivity index is 1.94. The Labute approximate surface area is 141 Å². The molecule has 0 spiro atoms. The van der Waals surface area contributed by atoms with E-state index >= 15 is 0 Å². The standard InChI is InChI=1S/C18H23N3O3/c1-2-3-7-11-21(14-17(22)19-16-10-12-24-20-16)18(23)13-15-8-5-4-6-9-15/h4-6,8-10,12H,2-3,7,11,13-14H2,1H3,(H,19,20,22). The van der Waals surface area contributed by atoms with Crippen LogP contribution in [0.2, 0.25) is 0 Å². The van der Waals surface area contributed by atoms with Crippen LogP contribution in [-0.4, -0.2) is 35.0 Å². The maximum Gasteiger partial charge on any atom is 0.245 e. The third-order valence-electron chi connectivity index (χ3n) is 3.62. The zero-order valence-corrected chi connectivity index (χ0v) is 13.9. The monoisotopic (exact) mass is 329 g/mol. The highest BCUT2D eigenvalue weighted by atomic mass is 16.5. The van der Waals surface area contributed by atoms with Crippen molar-refractivity contribution < 1.29 is 14.1 Å². The van der Waals surface area contributed by atoms with Gasteiger partial charge in [0.25, 0.3) is 0 Å². The molecule has 2 rings (SSSR count). The quantitative estimate of drug-likeness (QED) is 0.718. The maximum atomic E-state index is 12.6. The van der Waals surface area contributed by atoms with Crippen LogP contribution in [-0.2, 0) is 16.0 Å². The van der Waals surface area contributed by atoms with Crippen molar-refractivity contribution in [1.29, 1.82) is 0 Å². The molecule has 2 amide bonds. The Hall–Kier alpha value is -2.63. The van der Waals surface area contributed by atoms with Crippen LogP contribution in [0.1, 0.15) is 31.7 Å². The summed E-state index contributed by atoms with van der Waals surface area (Å²) in [5, 5.41) is 6.26. The molecule has 0 aliphatic heterocycles. The smallest absolute Gasteiger partial charge is 0.245 e. The highest BCUT2D eigenvalue weighted by Gasteiger charge is 2.17. The molecule has 24 heavy (non-hydrogen) atoms. The van der Waals surface area contributed by atoms with Gasteiger partial charge < -0.3 is 14.7 Å². The predicted molar refractivity (Wildman–Crippen MR) is 91.4 cm³/mol. The van der Waals surface area contributed by atoms with Crippen LogP contribution in [0.15, 0.2) is 47.2 Å². The Bertz CT molecular complexity index is 626. The van der Waals surface area contributed by atoms with Gasteiger partial charge in [0.05, 0.1) is 13.0 Å². The topological polar surface area (TPSA) is 75.4 Å². The first-order valence-electron chi connectivity index (χ1n) is 8.21. The van der Waals surface area contributed by atoms with Crippen molar-refractivity contribution >= 4 is 17.6 Å². The van der Waals surface area contributed by atoms with Crippen molar-refractivity contribution in [1.82, 2.24) is 10.1 Å². The lowest BCUT2D eigenvalue weighted by Gasteiger charge is -2.22. The van der Waals surface area contributed by atoms with Crippen molar-refractivity contribution in [2.24, 2.45) is 0 Å². The number of amides is 2. The number of anilines is 1. The average Bonchev–Trinajstić information content (AvgIpc) is 3.08. The first-order chi connectivity index (χ1) is 11.7. The van der Waals surface area contributed by atoms with Gasteiger partial charge in [-0.2, -0.15) is 0 Å². The second kappa shape index (κ2) is 9.50. The molecular weight excluding hydrogens is 306 g/mol. The van der Waals surface area contributed by atoms with Crippen LogP contribution in [0.25, 0.3) is 0 Å². The maximum absolute atomic E-state index is 12.6. The number of carbonyl (C=O) groups is 2. The second-order valence-corrected chi connectivity index (χ2v) is 5.62. The molecule has 1 aromatic carbocycles. The van der Waals surface area contributed by atoms with Crippen molar-refractivity contribution in [2.75, 3.05) is 18.4 Å². The lowest BCUT2D eigenvalue weighted by molar-refractivity contribution is -0.134. The number of hydrogen-bond acceptors (Lipinski definition) is 4. The third-order valence-corrected chi connectivity index (χ3v) is 3.62. The number of rotatable bonds is 9. The van der Waals surface area contributed by atoms with Crippen molar-refractivity contribution in [3.63, 3.8) is 0 Å². The van der Waals surface area contributed by atoms with Gasteiger partial charge in [0, 0.05) is 12.6 Å². The Morgan fingerprint density at radius 2 is 1.96 bits per heavy atom. The molecule has 128 valence electrons. The van der Waals surface area contributed by atoms with Gasteiger partial charge in [-0.05, 0) is 12.0 Å². The van der Waals surface area contributed by atoms with E-state index in [9.17, 15) is 9.59 Å². The first-order valence-corrected chi connectivity index (χ1v) is 8.21. The summed E-state index contributed by atoms with van der Waals surface area (Å²) >= 11 is 0. The predicted octanol–water partition coefficient (Wildman–Crippen LogP) is 2.87.